The van der Waals surface area contributed by atoms with Gasteiger partial charge in [-0.25, -0.2) is 0 Å². The van der Waals surface area contributed by atoms with Gasteiger partial charge in [-0.15, -0.1) is 0 Å². The van der Waals surface area contributed by atoms with E-state index in [0.29, 0.717) is 12.0 Å². The van der Waals surface area contributed by atoms with Crippen molar-refractivity contribution in [3.05, 3.63) is 44.0 Å². The fraction of sp³-hybridized carbons (Fsp3) is 0.500. The highest BCUT2D eigenvalue weighted by Gasteiger charge is 2.21. The molecule has 1 unspecified atom stereocenters. The van der Waals surface area contributed by atoms with Crippen molar-refractivity contribution in [2.24, 2.45) is 0 Å². The molecule has 0 heterocycles. The van der Waals surface area contributed by atoms with Gasteiger partial charge in [-0.05, 0) is 19.4 Å². The van der Waals surface area contributed by atoms with Crippen molar-refractivity contribution in [1.82, 2.24) is 5.32 Å². The first-order chi connectivity index (χ1) is 9.26. The molecule has 2 N–H and O–H groups in total. The lowest BCUT2D eigenvalue weighted by atomic mass is 10.0. The fourth-order valence-electron chi connectivity index (χ4n) is 1.58. The molecule has 0 aliphatic carbocycles. The molecule has 1 rings (SSSR count). The smallest absolute Gasteiger partial charge is 0.280 e. The molecule has 0 amide bonds. The van der Waals surface area contributed by atoms with Crippen molar-refractivity contribution in [3.8, 4) is 0 Å². The largest absolute Gasteiger partial charge is 0.389 e. The number of hydrogen-bond donors (Lipinski definition) is 2. The van der Waals surface area contributed by atoms with Gasteiger partial charge in [-0.1, -0.05) is 6.92 Å². The molecule has 0 radical (unpaired) electrons. The van der Waals surface area contributed by atoms with E-state index in [1.54, 1.807) is 6.92 Å². The Morgan fingerprint density at radius 1 is 1.30 bits per heavy atom. The maximum atomic E-state index is 10.9. The molecular formula is C12H17N3O5. The average Bonchev–Trinajstić information content (AvgIpc) is 2.38. The lowest BCUT2D eigenvalue weighted by Gasteiger charge is -2.21. The summed E-state index contributed by atoms with van der Waals surface area (Å²) >= 11 is 0. The van der Waals surface area contributed by atoms with E-state index in [1.165, 1.54) is 12.1 Å². The van der Waals surface area contributed by atoms with Crippen molar-refractivity contribution < 1.29 is 15.0 Å². The van der Waals surface area contributed by atoms with Gasteiger partial charge in [0.25, 0.3) is 11.4 Å². The van der Waals surface area contributed by atoms with E-state index >= 15 is 0 Å². The van der Waals surface area contributed by atoms with Crippen molar-refractivity contribution in [1.29, 1.82) is 0 Å². The van der Waals surface area contributed by atoms with Crippen LogP contribution >= 0.6 is 0 Å². The van der Waals surface area contributed by atoms with Gasteiger partial charge < -0.3 is 10.4 Å². The monoisotopic (exact) mass is 283 g/mol. The minimum atomic E-state index is -0.893. The highest BCUT2D eigenvalue weighted by atomic mass is 16.6. The van der Waals surface area contributed by atoms with Crippen LogP contribution in [-0.4, -0.2) is 27.1 Å². The molecule has 0 aliphatic rings. The SMILES string of the molecule is CCC(C)(O)CNCc1ccc([N+](=O)[O-])cc1[N+](=O)[O-]. The van der Waals surface area contributed by atoms with Crippen LogP contribution in [0.1, 0.15) is 25.8 Å². The molecule has 0 saturated heterocycles. The van der Waals surface area contributed by atoms with E-state index in [2.05, 4.69) is 5.32 Å². The van der Waals surface area contributed by atoms with Crippen molar-refractivity contribution in [3.63, 3.8) is 0 Å². The quantitative estimate of drug-likeness (QED) is 0.581. The number of rotatable bonds is 7. The number of nitrogens with zero attached hydrogens (tertiary/aromatic N) is 2. The maximum absolute atomic E-state index is 10.9. The van der Waals surface area contributed by atoms with E-state index in [9.17, 15) is 25.3 Å². The molecule has 0 saturated carbocycles. The zero-order valence-corrected chi connectivity index (χ0v) is 11.3. The fourth-order valence-corrected chi connectivity index (χ4v) is 1.58. The van der Waals surface area contributed by atoms with Gasteiger partial charge in [0.2, 0.25) is 0 Å². The first-order valence-corrected chi connectivity index (χ1v) is 6.11. The van der Waals surface area contributed by atoms with Crippen molar-refractivity contribution >= 4 is 11.4 Å². The van der Waals surface area contributed by atoms with Crippen LogP contribution < -0.4 is 5.32 Å². The number of hydrogen-bond acceptors (Lipinski definition) is 6. The summed E-state index contributed by atoms with van der Waals surface area (Å²) in [4.78, 5) is 20.2. The Balaban J connectivity index is 2.85. The van der Waals surface area contributed by atoms with E-state index in [0.717, 1.165) is 6.07 Å². The van der Waals surface area contributed by atoms with E-state index in [4.69, 9.17) is 0 Å². The van der Waals surface area contributed by atoms with Gasteiger partial charge in [0.15, 0.2) is 0 Å². The molecule has 0 fully saturated rings. The number of nitro benzene ring substituents is 2. The summed E-state index contributed by atoms with van der Waals surface area (Å²) in [6.07, 6.45) is 0.544. The van der Waals surface area contributed by atoms with Gasteiger partial charge in [-0.2, -0.15) is 0 Å². The van der Waals surface area contributed by atoms with Gasteiger partial charge in [0, 0.05) is 24.7 Å². The first kappa shape index (κ1) is 16.0. The molecule has 0 aromatic heterocycles. The molecule has 0 aliphatic heterocycles. The standard InChI is InChI=1S/C12H17N3O5/c1-3-12(2,16)8-13-7-9-4-5-10(14(17)18)6-11(9)15(19)20/h4-6,13,16H,3,7-8H2,1-2H3. The molecule has 8 heteroatoms. The normalized spacial score (nSPS) is 13.8. The molecule has 1 aromatic carbocycles. The topological polar surface area (TPSA) is 119 Å². The minimum absolute atomic E-state index is 0.157. The summed E-state index contributed by atoms with van der Waals surface area (Å²) in [5, 5.41) is 34.2. The van der Waals surface area contributed by atoms with Crippen LogP contribution in [0.3, 0.4) is 0 Å². The van der Waals surface area contributed by atoms with E-state index in [-0.39, 0.29) is 24.5 Å². The van der Waals surface area contributed by atoms with Gasteiger partial charge in [0.1, 0.15) is 0 Å². The predicted octanol–water partition coefficient (Wildman–Crippen LogP) is 1.75. The lowest BCUT2D eigenvalue weighted by Crippen LogP contribution is -2.36. The number of nitro groups is 2. The zero-order valence-electron chi connectivity index (χ0n) is 11.3. The maximum Gasteiger partial charge on any atom is 0.280 e. The Morgan fingerprint density at radius 2 is 1.95 bits per heavy atom. The first-order valence-electron chi connectivity index (χ1n) is 6.11. The number of benzene rings is 1. The molecule has 0 bridgehead atoms. The summed E-state index contributed by atoms with van der Waals surface area (Å²) in [6, 6.07) is 3.51. The van der Waals surface area contributed by atoms with Crippen molar-refractivity contribution in [2.45, 2.75) is 32.4 Å². The zero-order chi connectivity index (χ0) is 15.3. The molecule has 0 spiro atoms. The number of nitrogens with one attached hydrogen (secondary N) is 1. The van der Waals surface area contributed by atoms with Gasteiger partial charge >= 0.3 is 0 Å². The number of aliphatic hydroxyl groups is 1. The highest BCUT2D eigenvalue weighted by molar-refractivity contribution is 5.49. The van der Waals surface area contributed by atoms with Crippen LogP contribution in [0.25, 0.3) is 0 Å². The molecule has 1 aromatic rings. The summed E-state index contributed by atoms with van der Waals surface area (Å²) in [6.45, 7) is 3.92. The third kappa shape index (κ3) is 4.25. The van der Waals surface area contributed by atoms with Gasteiger partial charge in [0.05, 0.1) is 21.5 Å². The second kappa shape index (κ2) is 6.40. The molecule has 8 nitrogen and oxygen atoms in total. The molecule has 1 atom stereocenters. The highest BCUT2D eigenvalue weighted by Crippen LogP contribution is 2.24. The molecular weight excluding hydrogens is 266 g/mol. The average molecular weight is 283 g/mol. The number of non-ortho nitro benzene ring substituents is 1. The van der Waals surface area contributed by atoms with Crippen LogP contribution in [0.5, 0.6) is 0 Å². The Labute approximate surface area is 115 Å². The Hall–Kier alpha value is -2.06. The minimum Gasteiger partial charge on any atom is -0.389 e. The summed E-state index contributed by atoms with van der Waals surface area (Å²) in [7, 11) is 0. The van der Waals surface area contributed by atoms with E-state index in [1.807, 2.05) is 6.92 Å². The Kier molecular flexibility index (Phi) is 5.12. The molecule has 110 valence electrons. The summed E-state index contributed by atoms with van der Waals surface area (Å²) < 4.78 is 0. The molecule has 20 heavy (non-hydrogen) atoms. The summed E-state index contributed by atoms with van der Waals surface area (Å²) in [5.74, 6) is 0. The third-order valence-corrected chi connectivity index (χ3v) is 3.06. The van der Waals surface area contributed by atoms with Crippen LogP contribution in [0.4, 0.5) is 11.4 Å². The van der Waals surface area contributed by atoms with Gasteiger partial charge in [-0.3, -0.25) is 20.2 Å². The summed E-state index contributed by atoms with van der Waals surface area (Å²) in [5.41, 5.74) is -1.17. The van der Waals surface area contributed by atoms with Crippen molar-refractivity contribution in [2.75, 3.05) is 6.54 Å². The predicted molar refractivity (Wildman–Crippen MR) is 72.4 cm³/mol. The Morgan fingerprint density at radius 3 is 2.45 bits per heavy atom. The second-order valence-electron chi connectivity index (χ2n) is 4.78. The third-order valence-electron chi connectivity index (χ3n) is 3.06. The second-order valence-corrected chi connectivity index (χ2v) is 4.78. The van der Waals surface area contributed by atoms with E-state index < -0.39 is 15.4 Å². The van der Waals surface area contributed by atoms with Crippen LogP contribution in [-0.2, 0) is 6.54 Å². The Bertz CT molecular complexity index is 516. The van der Waals surface area contributed by atoms with Crippen LogP contribution in [0, 0.1) is 20.2 Å². The lowest BCUT2D eigenvalue weighted by molar-refractivity contribution is -0.394. The van der Waals surface area contributed by atoms with Crippen LogP contribution in [0.15, 0.2) is 18.2 Å². The van der Waals surface area contributed by atoms with Crippen LogP contribution in [0.2, 0.25) is 0 Å².